The first-order chi connectivity index (χ1) is 12.6. The number of aryl methyl sites for hydroxylation is 1. The minimum Gasteiger partial charge on any atom is -0.391 e. The zero-order valence-electron chi connectivity index (χ0n) is 15.6. The number of fused-ring (bicyclic) bond motifs is 2. The number of likely N-dealkylation sites (tertiary alicyclic amines) is 1. The third-order valence-electron chi connectivity index (χ3n) is 6.03. The van der Waals surface area contributed by atoms with Crippen LogP contribution in [0.25, 0.3) is 11.0 Å². The van der Waals surface area contributed by atoms with Crippen molar-refractivity contribution in [2.75, 3.05) is 19.6 Å². The highest BCUT2D eigenvalue weighted by molar-refractivity contribution is 5.76. The van der Waals surface area contributed by atoms with Crippen molar-refractivity contribution >= 4 is 17.1 Å². The smallest absolute Gasteiger partial charge is 0.317 e. The summed E-state index contributed by atoms with van der Waals surface area (Å²) in [6.07, 6.45) is 2.19. The standard InChI is InChI=1S/C20H28N4O2/c1-3-8-21-20(26)23-11-14-9-18(19(25)10-15(14)12-23)24-13(2)22-16-6-4-5-7-17(16)24/h4-7,14-15,18-19,25H,3,8-12H2,1-2H3,(H,21,26)/t14-,15+,18-,19-/m0/s1. The van der Waals surface area contributed by atoms with E-state index in [0.29, 0.717) is 11.8 Å². The van der Waals surface area contributed by atoms with Crippen LogP contribution in [0.1, 0.15) is 38.1 Å². The number of nitrogens with one attached hydrogen (secondary N) is 1. The Labute approximate surface area is 154 Å². The molecule has 2 N–H and O–H groups in total. The second kappa shape index (κ2) is 6.91. The van der Waals surface area contributed by atoms with Crippen LogP contribution in [0.15, 0.2) is 24.3 Å². The van der Waals surface area contributed by atoms with Gasteiger partial charge in [-0.15, -0.1) is 0 Å². The molecule has 0 bridgehead atoms. The van der Waals surface area contributed by atoms with Gasteiger partial charge in [-0.25, -0.2) is 9.78 Å². The minimum atomic E-state index is -0.397. The van der Waals surface area contributed by atoms with Crippen molar-refractivity contribution in [3.05, 3.63) is 30.1 Å². The molecule has 4 atom stereocenters. The maximum absolute atomic E-state index is 12.3. The molecule has 1 aliphatic carbocycles. The number of aliphatic hydroxyl groups is 1. The SMILES string of the molecule is CCCNC(=O)N1C[C@H]2C[C@H](O)[C@@H](n3c(C)nc4ccccc43)C[C@H]2C1. The van der Waals surface area contributed by atoms with Gasteiger partial charge in [0, 0.05) is 19.6 Å². The number of aromatic nitrogens is 2. The monoisotopic (exact) mass is 356 g/mol. The number of urea groups is 1. The Kier molecular flexibility index (Phi) is 4.61. The number of carbonyl (C=O) groups excluding carboxylic acids is 1. The minimum absolute atomic E-state index is 0.0299. The topological polar surface area (TPSA) is 70.4 Å². The van der Waals surface area contributed by atoms with Crippen LogP contribution in [0.5, 0.6) is 0 Å². The van der Waals surface area contributed by atoms with Crippen molar-refractivity contribution in [1.82, 2.24) is 19.8 Å². The molecule has 2 amide bonds. The number of nitrogens with zero attached hydrogens (tertiary/aromatic N) is 3. The zero-order chi connectivity index (χ0) is 18.3. The molecule has 1 aromatic carbocycles. The van der Waals surface area contributed by atoms with Crippen molar-refractivity contribution in [3.63, 3.8) is 0 Å². The maximum Gasteiger partial charge on any atom is 0.317 e. The van der Waals surface area contributed by atoms with Gasteiger partial charge in [0.25, 0.3) is 0 Å². The van der Waals surface area contributed by atoms with E-state index >= 15 is 0 Å². The van der Waals surface area contributed by atoms with Gasteiger partial charge in [0.2, 0.25) is 0 Å². The van der Waals surface area contributed by atoms with Crippen molar-refractivity contribution in [2.45, 2.75) is 45.3 Å². The third-order valence-corrected chi connectivity index (χ3v) is 6.03. The van der Waals surface area contributed by atoms with Gasteiger partial charge in [-0.1, -0.05) is 19.1 Å². The lowest BCUT2D eigenvalue weighted by Crippen LogP contribution is -2.39. The highest BCUT2D eigenvalue weighted by Crippen LogP contribution is 2.42. The molecule has 0 radical (unpaired) electrons. The summed E-state index contributed by atoms with van der Waals surface area (Å²) in [7, 11) is 0. The normalized spacial score (nSPS) is 28.3. The third kappa shape index (κ3) is 2.96. The van der Waals surface area contributed by atoms with Gasteiger partial charge in [0.15, 0.2) is 0 Å². The molecule has 2 aromatic rings. The van der Waals surface area contributed by atoms with E-state index in [-0.39, 0.29) is 12.1 Å². The van der Waals surface area contributed by atoms with Crippen molar-refractivity contribution < 1.29 is 9.90 Å². The number of para-hydroxylation sites is 2. The summed E-state index contributed by atoms with van der Waals surface area (Å²) in [4.78, 5) is 18.9. The van der Waals surface area contributed by atoms with Crippen molar-refractivity contribution in [2.24, 2.45) is 11.8 Å². The number of imidazole rings is 1. The number of carbonyl (C=O) groups is 1. The molecule has 1 saturated carbocycles. The van der Waals surface area contributed by atoms with E-state index in [1.165, 1.54) is 0 Å². The molecule has 0 unspecified atom stereocenters. The largest absolute Gasteiger partial charge is 0.391 e. The van der Waals surface area contributed by atoms with Crippen molar-refractivity contribution in [1.29, 1.82) is 0 Å². The fraction of sp³-hybridized carbons (Fsp3) is 0.600. The number of amides is 2. The first-order valence-corrected chi connectivity index (χ1v) is 9.73. The molecule has 4 rings (SSSR count). The Hall–Kier alpha value is -2.08. The van der Waals surface area contributed by atoms with Crippen LogP contribution in [0.2, 0.25) is 0 Å². The van der Waals surface area contributed by atoms with Gasteiger partial charge in [0.1, 0.15) is 5.82 Å². The van der Waals surface area contributed by atoms with Gasteiger partial charge in [-0.3, -0.25) is 0 Å². The highest BCUT2D eigenvalue weighted by Gasteiger charge is 2.44. The molecule has 2 aliphatic rings. The second-order valence-electron chi connectivity index (χ2n) is 7.78. The molecule has 6 nitrogen and oxygen atoms in total. The number of rotatable bonds is 3. The van der Waals surface area contributed by atoms with Crippen LogP contribution < -0.4 is 5.32 Å². The van der Waals surface area contributed by atoms with E-state index in [4.69, 9.17) is 0 Å². The summed E-state index contributed by atoms with van der Waals surface area (Å²) in [5.41, 5.74) is 2.06. The zero-order valence-corrected chi connectivity index (χ0v) is 15.6. The van der Waals surface area contributed by atoms with E-state index in [9.17, 15) is 9.90 Å². The maximum atomic E-state index is 12.3. The van der Waals surface area contributed by atoms with E-state index in [1.54, 1.807) is 0 Å². The van der Waals surface area contributed by atoms with Crippen molar-refractivity contribution in [3.8, 4) is 0 Å². The van der Waals surface area contributed by atoms with Gasteiger partial charge in [-0.05, 0) is 50.2 Å². The Morgan fingerprint density at radius 1 is 1.27 bits per heavy atom. The Morgan fingerprint density at radius 2 is 2.00 bits per heavy atom. The summed E-state index contributed by atoms with van der Waals surface area (Å²) in [6.45, 7) is 6.33. The molecule has 0 spiro atoms. The summed E-state index contributed by atoms with van der Waals surface area (Å²) in [6, 6.07) is 8.18. The van der Waals surface area contributed by atoms with E-state index in [2.05, 4.69) is 27.9 Å². The average molecular weight is 356 g/mol. The van der Waals surface area contributed by atoms with Gasteiger partial charge >= 0.3 is 6.03 Å². The van der Waals surface area contributed by atoms with E-state index in [1.807, 2.05) is 30.0 Å². The predicted octanol–water partition coefficient (Wildman–Crippen LogP) is 2.71. The molecule has 1 aromatic heterocycles. The average Bonchev–Trinajstić information content (AvgIpc) is 3.18. The Balaban J connectivity index is 1.54. The summed E-state index contributed by atoms with van der Waals surface area (Å²) in [5, 5.41) is 13.8. The van der Waals surface area contributed by atoms with E-state index in [0.717, 1.165) is 55.8 Å². The molecule has 2 fully saturated rings. The fourth-order valence-corrected chi connectivity index (χ4v) is 4.78. The highest BCUT2D eigenvalue weighted by atomic mass is 16.3. The number of hydrogen-bond acceptors (Lipinski definition) is 3. The first kappa shape index (κ1) is 17.3. The predicted molar refractivity (Wildman–Crippen MR) is 101 cm³/mol. The van der Waals surface area contributed by atoms with Crippen LogP contribution in [0.4, 0.5) is 4.79 Å². The molecule has 2 heterocycles. The Morgan fingerprint density at radius 3 is 2.77 bits per heavy atom. The van der Waals surface area contributed by atoms with Crippen LogP contribution in [0, 0.1) is 18.8 Å². The first-order valence-electron chi connectivity index (χ1n) is 9.73. The number of benzene rings is 1. The lowest BCUT2D eigenvalue weighted by Gasteiger charge is -2.36. The van der Waals surface area contributed by atoms with Crippen LogP contribution in [0.3, 0.4) is 0 Å². The molecule has 1 aliphatic heterocycles. The molecule has 6 heteroatoms. The van der Waals surface area contributed by atoms with Gasteiger partial charge < -0.3 is 19.9 Å². The second-order valence-corrected chi connectivity index (χ2v) is 7.78. The molecule has 140 valence electrons. The lowest BCUT2D eigenvalue weighted by atomic mass is 9.77. The van der Waals surface area contributed by atoms with Gasteiger partial charge in [-0.2, -0.15) is 0 Å². The quantitative estimate of drug-likeness (QED) is 0.888. The molecular weight excluding hydrogens is 328 g/mol. The van der Waals surface area contributed by atoms with Crippen LogP contribution in [-0.2, 0) is 0 Å². The summed E-state index contributed by atoms with van der Waals surface area (Å²) >= 11 is 0. The molecule has 26 heavy (non-hydrogen) atoms. The van der Waals surface area contributed by atoms with E-state index < -0.39 is 6.10 Å². The summed E-state index contributed by atoms with van der Waals surface area (Å²) in [5.74, 6) is 1.78. The molecule has 1 saturated heterocycles. The Bertz CT molecular complexity index is 802. The number of aliphatic hydroxyl groups excluding tert-OH is 1. The lowest BCUT2D eigenvalue weighted by molar-refractivity contribution is 0.0366. The fourth-order valence-electron chi connectivity index (χ4n) is 4.78. The van der Waals surface area contributed by atoms with Crippen LogP contribution in [-0.4, -0.2) is 51.3 Å². The summed E-state index contributed by atoms with van der Waals surface area (Å²) < 4.78 is 2.20. The number of hydrogen-bond donors (Lipinski definition) is 2. The van der Waals surface area contributed by atoms with Gasteiger partial charge in [0.05, 0.1) is 23.2 Å². The molecular formula is C20H28N4O2. The van der Waals surface area contributed by atoms with Crippen LogP contribution >= 0.6 is 0 Å².